The van der Waals surface area contributed by atoms with E-state index in [1.165, 1.54) is 12.0 Å². The molecule has 3 rings (SSSR count). The molecule has 0 bridgehead atoms. The lowest BCUT2D eigenvalue weighted by Crippen LogP contribution is -2.22. The summed E-state index contributed by atoms with van der Waals surface area (Å²) >= 11 is 0. The van der Waals surface area contributed by atoms with Gasteiger partial charge in [-0.2, -0.15) is 0 Å². The van der Waals surface area contributed by atoms with Crippen molar-refractivity contribution in [2.45, 2.75) is 38.1 Å². The van der Waals surface area contributed by atoms with Crippen LogP contribution in [0.1, 0.15) is 36.6 Å². The highest BCUT2D eigenvalue weighted by molar-refractivity contribution is 5.73. The van der Waals surface area contributed by atoms with Gasteiger partial charge in [-0.1, -0.05) is 12.5 Å². The normalized spacial score (nSPS) is 25.4. The van der Waals surface area contributed by atoms with Crippen molar-refractivity contribution in [3.8, 4) is 0 Å². The number of rotatable bonds is 1. The molecule has 3 heteroatoms. The highest BCUT2D eigenvalue weighted by Gasteiger charge is 2.29. The Morgan fingerprint density at radius 3 is 3.00 bits per heavy atom. The van der Waals surface area contributed by atoms with Gasteiger partial charge in [0.05, 0.1) is 5.92 Å². The Morgan fingerprint density at radius 1 is 1.38 bits per heavy atom. The Morgan fingerprint density at radius 2 is 2.25 bits per heavy atom. The third kappa shape index (κ3) is 1.52. The van der Waals surface area contributed by atoms with Gasteiger partial charge in [0.15, 0.2) is 11.5 Å². The van der Waals surface area contributed by atoms with E-state index in [1.54, 1.807) is 0 Å². The zero-order valence-corrected chi connectivity index (χ0v) is 9.44. The minimum absolute atomic E-state index is 0.217. The minimum atomic E-state index is 0.217. The van der Waals surface area contributed by atoms with E-state index in [0.29, 0.717) is 5.92 Å². The van der Waals surface area contributed by atoms with Crippen LogP contribution in [0.3, 0.4) is 0 Å². The Bertz CT molecular complexity index is 518. The van der Waals surface area contributed by atoms with Crippen molar-refractivity contribution in [3.63, 3.8) is 0 Å². The van der Waals surface area contributed by atoms with Crippen LogP contribution >= 0.6 is 0 Å². The van der Waals surface area contributed by atoms with Gasteiger partial charge in [-0.3, -0.25) is 0 Å². The zero-order valence-electron chi connectivity index (χ0n) is 9.44. The first-order valence-corrected chi connectivity index (χ1v) is 5.87. The molecule has 0 amide bonds. The molecule has 2 N–H and O–H groups in total. The van der Waals surface area contributed by atoms with E-state index < -0.39 is 0 Å². The number of nitrogens with two attached hydrogens (primary N) is 1. The number of nitrogens with zero attached hydrogens (tertiary/aromatic N) is 1. The molecule has 84 valence electrons. The van der Waals surface area contributed by atoms with E-state index in [-0.39, 0.29) is 6.04 Å². The summed E-state index contributed by atoms with van der Waals surface area (Å²) in [6.07, 6.45) is 3.37. The molecule has 0 saturated heterocycles. The highest BCUT2D eigenvalue weighted by atomic mass is 16.3. The molecule has 1 aliphatic rings. The van der Waals surface area contributed by atoms with E-state index in [2.05, 4.69) is 18.0 Å². The third-order valence-electron chi connectivity index (χ3n) is 3.45. The number of hydrogen-bond donors (Lipinski definition) is 1. The maximum atomic E-state index is 6.06. The second-order valence-corrected chi connectivity index (χ2v) is 4.72. The molecule has 3 nitrogen and oxygen atoms in total. The summed E-state index contributed by atoms with van der Waals surface area (Å²) in [6.45, 7) is 2.06. The van der Waals surface area contributed by atoms with Crippen LogP contribution in [-0.4, -0.2) is 11.0 Å². The summed E-state index contributed by atoms with van der Waals surface area (Å²) < 4.78 is 5.81. The second-order valence-electron chi connectivity index (χ2n) is 4.72. The van der Waals surface area contributed by atoms with Gasteiger partial charge in [-0.15, -0.1) is 0 Å². The second kappa shape index (κ2) is 3.59. The summed E-state index contributed by atoms with van der Waals surface area (Å²) in [6, 6.07) is 6.32. The molecule has 16 heavy (non-hydrogen) atoms. The molecule has 1 aromatic carbocycles. The van der Waals surface area contributed by atoms with Crippen LogP contribution < -0.4 is 5.73 Å². The van der Waals surface area contributed by atoms with Crippen LogP contribution in [0.5, 0.6) is 0 Å². The molecular formula is C13H16N2O. The van der Waals surface area contributed by atoms with Gasteiger partial charge in [0.2, 0.25) is 0 Å². The van der Waals surface area contributed by atoms with E-state index in [0.717, 1.165) is 29.8 Å². The lowest BCUT2D eigenvalue weighted by Gasteiger charge is -2.09. The summed E-state index contributed by atoms with van der Waals surface area (Å²) in [5.41, 5.74) is 9.09. The SMILES string of the molecule is Cc1ccc2nc(C3CCCC3N)oc2c1. The largest absolute Gasteiger partial charge is 0.440 e. The predicted octanol–water partition coefficient (Wildman–Crippen LogP) is 2.73. The van der Waals surface area contributed by atoms with Gasteiger partial charge in [-0.25, -0.2) is 4.98 Å². The Balaban J connectivity index is 2.04. The van der Waals surface area contributed by atoms with Crippen LogP contribution in [0.15, 0.2) is 22.6 Å². The number of hydrogen-bond acceptors (Lipinski definition) is 3. The van der Waals surface area contributed by atoms with Gasteiger partial charge < -0.3 is 10.2 Å². The molecule has 2 unspecified atom stereocenters. The smallest absolute Gasteiger partial charge is 0.200 e. The Kier molecular flexibility index (Phi) is 2.21. The average Bonchev–Trinajstić information content (AvgIpc) is 2.82. The summed E-state index contributed by atoms with van der Waals surface area (Å²) in [7, 11) is 0. The fourth-order valence-corrected chi connectivity index (χ4v) is 2.50. The first-order valence-electron chi connectivity index (χ1n) is 5.87. The quantitative estimate of drug-likeness (QED) is 0.797. The number of aryl methyl sites for hydroxylation is 1. The van der Waals surface area contributed by atoms with Crippen molar-refractivity contribution in [2.75, 3.05) is 0 Å². The number of benzene rings is 1. The van der Waals surface area contributed by atoms with Crippen LogP contribution in [0.4, 0.5) is 0 Å². The van der Waals surface area contributed by atoms with Crippen LogP contribution in [0.25, 0.3) is 11.1 Å². The maximum Gasteiger partial charge on any atom is 0.200 e. The minimum Gasteiger partial charge on any atom is -0.440 e. The molecule has 1 aromatic heterocycles. The fourth-order valence-electron chi connectivity index (χ4n) is 2.50. The number of fused-ring (bicyclic) bond motifs is 1. The van der Waals surface area contributed by atoms with Crippen molar-refractivity contribution < 1.29 is 4.42 Å². The molecule has 1 heterocycles. The average molecular weight is 216 g/mol. The number of oxazole rings is 1. The number of aromatic nitrogens is 1. The van der Waals surface area contributed by atoms with Crippen molar-refractivity contribution >= 4 is 11.1 Å². The monoisotopic (exact) mass is 216 g/mol. The van der Waals surface area contributed by atoms with Gasteiger partial charge >= 0.3 is 0 Å². The standard InChI is InChI=1S/C13H16N2O/c1-8-5-6-11-12(7-8)16-13(15-11)9-3-2-4-10(9)14/h5-7,9-10H,2-4,14H2,1H3. The van der Waals surface area contributed by atoms with Crippen LogP contribution in [0, 0.1) is 6.92 Å². The first kappa shape index (κ1) is 9.85. The summed E-state index contributed by atoms with van der Waals surface area (Å²) in [4.78, 5) is 4.54. The van der Waals surface area contributed by atoms with Crippen molar-refractivity contribution in [2.24, 2.45) is 5.73 Å². The molecular weight excluding hydrogens is 200 g/mol. The lowest BCUT2D eigenvalue weighted by atomic mass is 10.1. The van der Waals surface area contributed by atoms with E-state index >= 15 is 0 Å². The molecule has 0 spiro atoms. The zero-order chi connectivity index (χ0) is 11.1. The fraction of sp³-hybridized carbons (Fsp3) is 0.462. The van der Waals surface area contributed by atoms with Gasteiger partial charge in [0.25, 0.3) is 0 Å². The van der Waals surface area contributed by atoms with Crippen molar-refractivity contribution in [1.82, 2.24) is 4.98 Å². The summed E-state index contributed by atoms with van der Waals surface area (Å²) in [5.74, 6) is 1.14. The predicted molar refractivity (Wildman–Crippen MR) is 63.3 cm³/mol. The molecule has 1 aliphatic carbocycles. The molecule has 2 aromatic rings. The van der Waals surface area contributed by atoms with Crippen molar-refractivity contribution in [1.29, 1.82) is 0 Å². The van der Waals surface area contributed by atoms with Gasteiger partial charge in [0, 0.05) is 6.04 Å². The maximum absolute atomic E-state index is 6.06. The molecule has 0 aliphatic heterocycles. The van der Waals surface area contributed by atoms with Crippen LogP contribution in [-0.2, 0) is 0 Å². The van der Waals surface area contributed by atoms with E-state index in [1.807, 2.05) is 12.1 Å². The Hall–Kier alpha value is -1.35. The van der Waals surface area contributed by atoms with Crippen LogP contribution in [0.2, 0.25) is 0 Å². The Labute approximate surface area is 94.7 Å². The molecule has 1 fully saturated rings. The molecule has 1 saturated carbocycles. The van der Waals surface area contributed by atoms with E-state index in [4.69, 9.17) is 10.2 Å². The molecule has 2 atom stereocenters. The van der Waals surface area contributed by atoms with Gasteiger partial charge in [0.1, 0.15) is 5.52 Å². The summed E-state index contributed by atoms with van der Waals surface area (Å²) in [5, 5.41) is 0. The highest BCUT2D eigenvalue weighted by Crippen LogP contribution is 2.34. The third-order valence-corrected chi connectivity index (χ3v) is 3.45. The topological polar surface area (TPSA) is 52.0 Å². The lowest BCUT2D eigenvalue weighted by molar-refractivity contribution is 0.449. The molecule has 0 radical (unpaired) electrons. The first-order chi connectivity index (χ1) is 7.74. The van der Waals surface area contributed by atoms with Gasteiger partial charge in [-0.05, 0) is 37.5 Å². The van der Waals surface area contributed by atoms with E-state index in [9.17, 15) is 0 Å². The van der Waals surface area contributed by atoms with Crippen molar-refractivity contribution in [3.05, 3.63) is 29.7 Å².